The van der Waals surface area contributed by atoms with Crippen LogP contribution in [-0.2, 0) is 0 Å². The molecule has 1 aromatic carbocycles. The molecule has 1 heterocycles. The molecule has 1 N–H and O–H groups in total. The van der Waals surface area contributed by atoms with Crippen LogP contribution < -0.4 is 5.32 Å². The fraction of sp³-hybridized carbons (Fsp3) is 0.286. The van der Waals surface area contributed by atoms with Gasteiger partial charge in [0.1, 0.15) is 0 Å². The minimum Gasteiger partial charge on any atom is -0.377 e. The maximum Gasteiger partial charge on any atom is 0.283 e. The van der Waals surface area contributed by atoms with Crippen molar-refractivity contribution >= 4 is 38.6 Å². The molecule has 0 radical (unpaired) electrons. The van der Waals surface area contributed by atoms with Crippen molar-refractivity contribution in [1.29, 1.82) is 0 Å². The van der Waals surface area contributed by atoms with E-state index in [1.807, 2.05) is 6.07 Å². The van der Waals surface area contributed by atoms with Crippen LogP contribution in [0.5, 0.6) is 0 Å². The Morgan fingerprint density at radius 3 is 2.60 bits per heavy atom. The van der Waals surface area contributed by atoms with Gasteiger partial charge in [-0.2, -0.15) is 0 Å². The van der Waals surface area contributed by atoms with Gasteiger partial charge < -0.3 is 5.32 Å². The van der Waals surface area contributed by atoms with E-state index in [1.54, 1.807) is 23.5 Å². The molecule has 0 aliphatic rings. The summed E-state index contributed by atoms with van der Waals surface area (Å²) in [7, 11) is 0. The predicted molar refractivity (Wildman–Crippen MR) is 86.3 cm³/mol. The molecule has 2 rings (SSSR count). The zero-order valence-electron chi connectivity index (χ0n) is 11.2. The lowest BCUT2D eigenvalue weighted by Crippen LogP contribution is -2.15. The molecule has 6 heteroatoms. The first kappa shape index (κ1) is 15.0. The smallest absolute Gasteiger partial charge is 0.283 e. The van der Waals surface area contributed by atoms with Crippen LogP contribution >= 0.6 is 27.3 Å². The van der Waals surface area contributed by atoms with Crippen LogP contribution in [0.4, 0.5) is 11.4 Å². The van der Waals surface area contributed by atoms with E-state index in [0.717, 1.165) is 5.69 Å². The third kappa shape index (κ3) is 3.37. The molecule has 0 fully saturated rings. The Morgan fingerprint density at radius 1 is 1.35 bits per heavy atom. The number of nitrogens with one attached hydrogen (secondary N) is 1. The van der Waals surface area contributed by atoms with Gasteiger partial charge in [-0.3, -0.25) is 10.1 Å². The second-order valence-electron chi connectivity index (χ2n) is 4.80. The van der Waals surface area contributed by atoms with E-state index in [0.29, 0.717) is 10.4 Å². The molecule has 0 bridgehead atoms. The van der Waals surface area contributed by atoms with Gasteiger partial charge >= 0.3 is 0 Å². The van der Waals surface area contributed by atoms with Crippen LogP contribution in [-0.4, -0.2) is 4.92 Å². The summed E-state index contributed by atoms with van der Waals surface area (Å²) in [5.41, 5.74) is 0.947. The number of rotatable bonds is 5. The van der Waals surface area contributed by atoms with Crippen LogP contribution in [0.15, 0.2) is 40.2 Å². The van der Waals surface area contributed by atoms with Gasteiger partial charge in [0.05, 0.1) is 15.4 Å². The second-order valence-corrected chi connectivity index (χ2v) is 6.64. The topological polar surface area (TPSA) is 55.2 Å². The van der Waals surface area contributed by atoms with E-state index < -0.39 is 4.92 Å². The van der Waals surface area contributed by atoms with Crippen LogP contribution in [0.2, 0.25) is 0 Å². The van der Waals surface area contributed by atoms with Gasteiger partial charge in [-0.05, 0) is 45.4 Å². The molecule has 1 unspecified atom stereocenters. The van der Waals surface area contributed by atoms with Crippen molar-refractivity contribution in [2.75, 3.05) is 5.32 Å². The molecule has 106 valence electrons. The Bertz CT molecular complexity index is 599. The summed E-state index contributed by atoms with van der Waals surface area (Å²) in [4.78, 5) is 11.7. The average Bonchev–Trinajstić information content (AvgIpc) is 2.88. The van der Waals surface area contributed by atoms with E-state index in [2.05, 4.69) is 46.5 Å². The molecular formula is C14H15BrN2O2S. The second kappa shape index (κ2) is 6.37. The number of nitro groups is 1. The average molecular weight is 355 g/mol. The fourth-order valence-electron chi connectivity index (χ4n) is 1.96. The first-order chi connectivity index (χ1) is 9.49. The van der Waals surface area contributed by atoms with Gasteiger partial charge in [0.15, 0.2) is 0 Å². The molecule has 0 saturated heterocycles. The molecule has 0 saturated carbocycles. The Balaban J connectivity index is 2.24. The quantitative estimate of drug-likeness (QED) is 0.590. The van der Waals surface area contributed by atoms with Gasteiger partial charge in [0.2, 0.25) is 0 Å². The standard InChI is InChI=1S/C14H15BrN2O2S/c1-9(2)14(13-4-3-7-20-13)16-10-5-6-12(17(18)19)11(15)8-10/h3-9,14,16H,1-2H3. The monoisotopic (exact) mass is 354 g/mol. The number of thiophene rings is 1. The highest BCUT2D eigenvalue weighted by molar-refractivity contribution is 9.10. The maximum atomic E-state index is 10.8. The number of benzene rings is 1. The number of hydrogen-bond donors (Lipinski definition) is 1. The minimum absolute atomic E-state index is 0.0766. The summed E-state index contributed by atoms with van der Waals surface area (Å²) < 4.78 is 0.487. The van der Waals surface area contributed by atoms with Gasteiger partial charge in [0.25, 0.3) is 5.69 Å². The van der Waals surface area contributed by atoms with Crippen molar-refractivity contribution in [1.82, 2.24) is 0 Å². The largest absolute Gasteiger partial charge is 0.377 e. The molecule has 1 atom stereocenters. The number of hydrogen-bond acceptors (Lipinski definition) is 4. The normalized spacial score (nSPS) is 12.4. The highest BCUT2D eigenvalue weighted by Crippen LogP contribution is 2.33. The Labute approximate surface area is 130 Å². The zero-order chi connectivity index (χ0) is 14.7. The maximum absolute atomic E-state index is 10.8. The summed E-state index contributed by atoms with van der Waals surface area (Å²) >= 11 is 4.95. The number of halogens is 1. The summed E-state index contributed by atoms with van der Waals surface area (Å²) in [6.07, 6.45) is 0. The van der Waals surface area contributed by atoms with Crippen molar-refractivity contribution in [2.45, 2.75) is 19.9 Å². The zero-order valence-corrected chi connectivity index (χ0v) is 13.6. The first-order valence-corrected chi connectivity index (χ1v) is 7.90. The van der Waals surface area contributed by atoms with Crippen LogP contribution in [0.3, 0.4) is 0 Å². The fourth-order valence-corrected chi connectivity index (χ4v) is 3.43. The van der Waals surface area contributed by atoms with Gasteiger partial charge in [0, 0.05) is 16.6 Å². The Morgan fingerprint density at radius 2 is 2.10 bits per heavy atom. The Hall–Kier alpha value is -1.40. The van der Waals surface area contributed by atoms with Crippen LogP contribution in [0.25, 0.3) is 0 Å². The van der Waals surface area contributed by atoms with Crippen molar-refractivity contribution in [3.05, 3.63) is 55.2 Å². The number of nitro benzene ring substituents is 1. The molecule has 1 aromatic heterocycles. The lowest BCUT2D eigenvalue weighted by Gasteiger charge is -2.22. The molecule has 2 aromatic rings. The van der Waals surface area contributed by atoms with E-state index in [1.165, 1.54) is 10.9 Å². The lowest BCUT2D eigenvalue weighted by atomic mass is 10.0. The summed E-state index contributed by atoms with van der Waals surface area (Å²) in [5, 5.41) is 16.3. The molecule has 4 nitrogen and oxygen atoms in total. The van der Waals surface area contributed by atoms with Crippen LogP contribution in [0, 0.1) is 16.0 Å². The molecular weight excluding hydrogens is 340 g/mol. The van der Waals surface area contributed by atoms with E-state index in [4.69, 9.17) is 0 Å². The minimum atomic E-state index is -0.396. The molecule has 0 amide bonds. The first-order valence-electron chi connectivity index (χ1n) is 6.23. The molecule has 0 aliphatic heterocycles. The molecule has 0 aliphatic carbocycles. The number of anilines is 1. The van der Waals surface area contributed by atoms with Gasteiger partial charge in [-0.1, -0.05) is 19.9 Å². The lowest BCUT2D eigenvalue weighted by molar-refractivity contribution is -0.385. The van der Waals surface area contributed by atoms with E-state index in [-0.39, 0.29) is 11.7 Å². The third-order valence-corrected chi connectivity index (χ3v) is 4.57. The van der Waals surface area contributed by atoms with Gasteiger partial charge in [-0.15, -0.1) is 11.3 Å². The van der Waals surface area contributed by atoms with E-state index >= 15 is 0 Å². The van der Waals surface area contributed by atoms with Crippen LogP contribution in [0.1, 0.15) is 24.8 Å². The summed E-state index contributed by atoms with van der Waals surface area (Å²) in [6.45, 7) is 4.30. The molecule has 20 heavy (non-hydrogen) atoms. The van der Waals surface area contributed by atoms with Crippen molar-refractivity contribution in [3.8, 4) is 0 Å². The van der Waals surface area contributed by atoms with Crippen molar-refractivity contribution in [3.63, 3.8) is 0 Å². The van der Waals surface area contributed by atoms with Crippen molar-refractivity contribution in [2.24, 2.45) is 5.92 Å². The highest BCUT2D eigenvalue weighted by Gasteiger charge is 2.18. The molecule has 0 spiro atoms. The predicted octanol–water partition coefficient (Wildman–Crippen LogP) is 5.23. The number of nitrogens with zero attached hydrogens (tertiary/aromatic N) is 1. The summed E-state index contributed by atoms with van der Waals surface area (Å²) in [5.74, 6) is 0.419. The summed E-state index contributed by atoms with van der Waals surface area (Å²) in [6, 6.07) is 9.33. The highest BCUT2D eigenvalue weighted by atomic mass is 79.9. The Kier molecular flexibility index (Phi) is 4.77. The van der Waals surface area contributed by atoms with Gasteiger partial charge in [-0.25, -0.2) is 0 Å². The third-order valence-electron chi connectivity index (χ3n) is 2.98. The van der Waals surface area contributed by atoms with Crippen molar-refractivity contribution < 1.29 is 4.92 Å². The SMILES string of the molecule is CC(C)C(Nc1ccc([N+](=O)[O-])c(Br)c1)c1cccs1. The van der Waals surface area contributed by atoms with E-state index in [9.17, 15) is 10.1 Å².